The molecule has 1 fully saturated rings. The van der Waals surface area contributed by atoms with Crippen LogP contribution < -0.4 is 0 Å². The van der Waals surface area contributed by atoms with Crippen LogP contribution in [0, 0.1) is 5.92 Å². The molecule has 0 bridgehead atoms. The maximum atomic E-state index is 12.3. The Hall–Kier alpha value is -2.57. The summed E-state index contributed by atoms with van der Waals surface area (Å²) in [4.78, 5) is 37.0. The summed E-state index contributed by atoms with van der Waals surface area (Å²) in [5.41, 5.74) is 0.236. The molecule has 2 aliphatic rings. The maximum Gasteiger partial charge on any atom is 0.508 e. The summed E-state index contributed by atoms with van der Waals surface area (Å²) >= 11 is 0. The number of nitrogens with zero attached hydrogens (tertiary/aromatic N) is 1. The van der Waals surface area contributed by atoms with Crippen molar-refractivity contribution >= 4 is 18.0 Å². The number of hydrogen-bond acceptors (Lipinski definition) is 6. The highest BCUT2D eigenvalue weighted by atomic mass is 16.7. The lowest BCUT2D eigenvalue weighted by molar-refractivity contribution is -0.162. The summed E-state index contributed by atoms with van der Waals surface area (Å²) < 4.78 is 14.8. The third kappa shape index (κ3) is 3.28. The second-order valence-corrected chi connectivity index (χ2v) is 5.19. The summed E-state index contributed by atoms with van der Waals surface area (Å²) in [7, 11) is 0. The van der Waals surface area contributed by atoms with E-state index in [1.807, 2.05) is 0 Å². The Kier molecular flexibility index (Phi) is 5.20. The zero-order chi connectivity index (χ0) is 17.0. The van der Waals surface area contributed by atoms with Crippen molar-refractivity contribution < 1.29 is 28.6 Å². The quantitative estimate of drug-likeness (QED) is 0.402. The second kappa shape index (κ2) is 7.13. The molecule has 7 heteroatoms. The Balaban J connectivity index is 1.92. The number of carbonyl (C=O) groups is 3. The molecule has 0 saturated carbocycles. The third-order valence-electron chi connectivity index (χ3n) is 3.73. The first-order valence-electron chi connectivity index (χ1n) is 7.26. The third-order valence-corrected chi connectivity index (χ3v) is 3.73. The fourth-order valence-corrected chi connectivity index (χ4v) is 2.74. The second-order valence-electron chi connectivity index (χ2n) is 5.19. The number of carbonyl (C=O) groups excluding carboxylic acids is 3. The average molecular weight is 321 g/mol. The lowest BCUT2D eigenvalue weighted by atomic mass is 9.83. The summed E-state index contributed by atoms with van der Waals surface area (Å²) in [6, 6.07) is -0.198. The van der Waals surface area contributed by atoms with Crippen molar-refractivity contribution in [3.63, 3.8) is 0 Å². The van der Waals surface area contributed by atoms with Gasteiger partial charge >= 0.3 is 12.1 Å². The van der Waals surface area contributed by atoms with Crippen LogP contribution in [0.15, 0.2) is 37.1 Å². The molecule has 2 aliphatic heterocycles. The van der Waals surface area contributed by atoms with Crippen molar-refractivity contribution in [1.29, 1.82) is 0 Å². The molecule has 0 aromatic carbocycles. The van der Waals surface area contributed by atoms with Crippen molar-refractivity contribution in [1.82, 2.24) is 4.90 Å². The number of esters is 1. The summed E-state index contributed by atoms with van der Waals surface area (Å²) in [6.07, 6.45) is 3.57. The molecule has 1 amide bonds. The Morgan fingerprint density at radius 3 is 2.65 bits per heavy atom. The Morgan fingerprint density at radius 1 is 1.35 bits per heavy atom. The van der Waals surface area contributed by atoms with E-state index >= 15 is 0 Å². The molecule has 1 unspecified atom stereocenters. The summed E-state index contributed by atoms with van der Waals surface area (Å²) in [5, 5.41) is 0. The van der Waals surface area contributed by atoms with E-state index in [-0.39, 0.29) is 30.9 Å². The van der Waals surface area contributed by atoms with Gasteiger partial charge in [-0.05, 0) is 13.3 Å². The molecule has 1 saturated heterocycles. The molecule has 0 aromatic rings. The van der Waals surface area contributed by atoms with Crippen LogP contribution in [0.4, 0.5) is 4.79 Å². The minimum atomic E-state index is -0.847. The number of fused-ring (bicyclic) bond motifs is 1. The first-order valence-corrected chi connectivity index (χ1v) is 7.26. The van der Waals surface area contributed by atoms with E-state index in [1.54, 1.807) is 13.0 Å². The van der Waals surface area contributed by atoms with Crippen molar-refractivity contribution in [2.24, 2.45) is 5.92 Å². The highest BCUT2D eigenvalue weighted by Crippen LogP contribution is 2.41. The van der Waals surface area contributed by atoms with E-state index in [9.17, 15) is 14.4 Å². The zero-order valence-corrected chi connectivity index (χ0v) is 12.9. The minimum absolute atomic E-state index is 0.0422. The highest BCUT2D eigenvalue weighted by molar-refractivity contribution is 5.99. The van der Waals surface area contributed by atoms with Gasteiger partial charge in [0.2, 0.25) is 5.91 Å². The largest absolute Gasteiger partial charge is 0.508 e. The minimum Gasteiger partial charge on any atom is -0.457 e. The van der Waals surface area contributed by atoms with Gasteiger partial charge in [-0.25, -0.2) is 9.59 Å². The molecule has 2 rings (SSSR count). The lowest BCUT2D eigenvalue weighted by Crippen LogP contribution is -2.62. The summed E-state index contributed by atoms with van der Waals surface area (Å²) in [5.74, 6) is -1.32. The fraction of sp³-hybridized carbons (Fsp3) is 0.438. The van der Waals surface area contributed by atoms with E-state index in [0.717, 1.165) is 0 Å². The molecule has 3 atom stereocenters. The van der Waals surface area contributed by atoms with Gasteiger partial charge in [0.05, 0.1) is 12.0 Å². The van der Waals surface area contributed by atoms with E-state index in [2.05, 4.69) is 13.2 Å². The number of hydrogen-bond donors (Lipinski definition) is 0. The topological polar surface area (TPSA) is 82.1 Å². The van der Waals surface area contributed by atoms with Gasteiger partial charge in [0, 0.05) is 0 Å². The van der Waals surface area contributed by atoms with Crippen LogP contribution in [-0.4, -0.2) is 48.3 Å². The van der Waals surface area contributed by atoms with Gasteiger partial charge in [-0.1, -0.05) is 31.4 Å². The predicted molar refractivity (Wildman–Crippen MR) is 80.1 cm³/mol. The molecule has 0 aliphatic carbocycles. The smallest absolute Gasteiger partial charge is 0.457 e. The Morgan fingerprint density at radius 2 is 2.00 bits per heavy atom. The van der Waals surface area contributed by atoms with Crippen LogP contribution in [0.25, 0.3) is 0 Å². The van der Waals surface area contributed by atoms with Crippen molar-refractivity contribution in [2.75, 3.05) is 13.2 Å². The molecule has 0 N–H and O–H groups in total. The van der Waals surface area contributed by atoms with E-state index in [4.69, 9.17) is 14.2 Å². The van der Waals surface area contributed by atoms with E-state index in [0.29, 0.717) is 6.42 Å². The fourth-order valence-electron chi connectivity index (χ4n) is 2.74. The molecule has 23 heavy (non-hydrogen) atoms. The van der Waals surface area contributed by atoms with Gasteiger partial charge in [0.25, 0.3) is 0 Å². The summed E-state index contributed by atoms with van der Waals surface area (Å²) in [6.45, 7) is 8.64. The van der Waals surface area contributed by atoms with Crippen LogP contribution in [0.5, 0.6) is 0 Å². The molecular formula is C16H19NO6. The van der Waals surface area contributed by atoms with Gasteiger partial charge in [0.1, 0.15) is 25.0 Å². The van der Waals surface area contributed by atoms with Crippen LogP contribution in [0.2, 0.25) is 0 Å². The monoisotopic (exact) mass is 321 g/mol. The molecule has 0 aromatic heterocycles. The van der Waals surface area contributed by atoms with Gasteiger partial charge in [0.15, 0.2) is 0 Å². The van der Waals surface area contributed by atoms with Gasteiger partial charge in [-0.15, -0.1) is 0 Å². The predicted octanol–water partition coefficient (Wildman–Crippen LogP) is 1.56. The first-order chi connectivity index (χ1) is 11.0. The number of β-lactam (4-membered cyclic amide) rings is 1. The van der Waals surface area contributed by atoms with Crippen LogP contribution in [0.3, 0.4) is 0 Å². The van der Waals surface area contributed by atoms with Gasteiger partial charge < -0.3 is 19.1 Å². The highest BCUT2D eigenvalue weighted by Gasteiger charge is 2.55. The Bertz CT molecular complexity index is 567. The van der Waals surface area contributed by atoms with Crippen LogP contribution in [0.1, 0.15) is 13.3 Å². The van der Waals surface area contributed by atoms with Gasteiger partial charge in [-0.2, -0.15) is 0 Å². The zero-order valence-electron chi connectivity index (χ0n) is 12.9. The van der Waals surface area contributed by atoms with E-state index < -0.39 is 24.1 Å². The van der Waals surface area contributed by atoms with Crippen molar-refractivity contribution in [3.8, 4) is 0 Å². The molecule has 124 valence electrons. The SMILES string of the molecule is C=CCOC(=O)OC(C)[C@H]1C(=O)N2C(C(=O)OCC=C)=CC[C@H]12. The van der Waals surface area contributed by atoms with Crippen LogP contribution >= 0.6 is 0 Å². The van der Waals surface area contributed by atoms with Crippen molar-refractivity contribution in [3.05, 3.63) is 37.1 Å². The maximum absolute atomic E-state index is 12.3. The number of ether oxygens (including phenoxy) is 3. The van der Waals surface area contributed by atoms with Crippen molar-refractivity contribution in [2.45, 2.75) is 25.5 Å². The molecule has 0 radical (unpaired) electrons. The lowest BCUT2D eigenvalue weighted by Gasteiger charge is -2.45. The van der Waals surface area contributed by atoms with Gasteiger partial charge in [-0.3, -0.25) is 4.79 Å². The molecular weight excluding hydrogens is 302 g/mol. The molecule has 7 nitrogen and oxygen atoms in total. The standard InChI is InChI=1S/C16H19NO6/c1-4-8-21-15(19)12-7-6-11-13(14(18)17(11)12)10(3)23-16(20)22-9-5-2/h4-5,7,10-11,13H,1-2,6,8-9H2,3H3/t10?,11-,13-/m1/s1. The molecule has 2 heterocycles. The number of amides is 1. The van der Waals surface area contributed by atoms with Crippen LogP contribution in [-0.2, 0) is 23.8 Å². The van der Waals surface area contributed by atoms with E-state index in [1.165, 1.54) is 17.1 Å². The Labute approximate surface area is 134 Å². The first kappa shape index (κ1) is 16.8. The normalized spacial score (nSPS) is 23.1. The number of rotatable bonds is 7. The molecule has 0 spiro atoms. The average Bonchev–Trinajstić information content (AvgIpc) is 2.89.